The number of furan rings is 1. The van der Waals surface area contributed by atoms with Crippen LogP contribution >= 0.6 is 0 Å². The average molecular weight is 393 g/mol. The van der Waals surface area contributed by atoms with E-state index in [0.717, 1.165) is 4.68 Å². The van der Waals surface area contributed by atoms with Crippen molar-refractivity contribution in [1.29, 1.82) is 0 Å². The molecule has 0 spiro atoms. The number of nitrogens with zero attached hydrogens (tertiary/aromatic N) is 3. The molecule has 0 unspecified atom stereocenters. The normalized spacial score (nSPS) is 11.9. The van der Waals surface area contributed by atoms with E-state index >= 15 is 0 Å². The molecule has 3 aromatic rings. The van der Waals surface area contributed by atoms with Crippen LogP contribution in [-0.4, -0.2) is 33.3 Å². The zero-order chi connectivity index (χ0) is 20.5. The Labute approximate surface area is 158 Å². The Hall–Kier alpha value is -3.10. The monoisotopic (exact) mass is 393 g/mol. The van der Waals surface area contributed by atoms with Gasteiger partial charge in [-0.25, -0.2) is 4.68 Å². The third kappa shape index (κ3) is 4.08. The van der Waals surface area contributed by atoms with Gasteiger partial charge in [0.25, 0.3) is 11.5 Å². The van der Waals surface area contributed by atoms with Crippen molar-refractivity contribution in [3.63, 3.8) is 0 Å². The van der Waals surface area contributed by atoms with Crippen molar-refractivity contribution in [1.82, 2.24) is 14.7 Å². The van der Waals surface area contributed by atoms with E-state index in [1.54, 1.807) is 26.0 Å². The van der Waals surface area contributed by atoms with Crippen molar-refractivity contribution in [3.8, 4) is 0 Å². The number of halogens is 3. The molecule has 0 aliphatic carbocycles. The summed E-state index contributed by atoms with van der Waals surface area (Å²) in [4.78, 5) is 26.2. The second kappa shape index (κ2) is 7.49. The van der Waals surface area contributed by atoms with Gasteiger partial charge >= 0.3 is 6.18 Å². The number of aromatic nitrogens is 2. The molecule has 0 radical (unpaired) electrons. The second-order valence-electron chi connectivity index (χ2n) is 6.59. The van der Waals surface area contributed by atoms with Crippen LogP contribution in [0.4, 0.5) is 13.2 Å². The smallest absolute Gasteiger partial charge is 0.406 e. The summed E-state index contributed by atoms with van der Waals surface area (Å²) in [6.07, 6.45) is -3.29. The van der Waals surface area contributed by atoms with Gasteiger partial charge in [-0.05, 0) is 32.0 Å². The molecule has 0 atom stereocenters. The minimum Gasteiger partial charge on any atom is -0.467 e. The molecule has 0 aliphatic heterocycles. The molecule has 6 nitrogen and oxygen atoms in total. The van der Waals surface area contributed by atoms with E-state index in [1.165, 1.54) is 30.5 Å². The van der Waals surface area contributed by atoms with Crippen molar-refractivity contribution in [2.45, 2.75) is 32.6 Å². The molecule has 2 aromatic heterocycles. The van der Waals surface area contributed by atoms with Crippen LogP contribution in [0.15, 0.2) is 51.9 Å². The van der Waals surface area contributed by atoms with Crippen LogP contribution in [0.2, 0.25) is 0 Å². The van der Waals surface area contributed by atoms with Crippen LogP contribution in [0.1, 0.15) is 36.1 Å². The minimum atomic E-state index is -4.61. The lowest BCUT2D eigenvalue weighted by Gasteiger charge is -2.23. The Balaban J connectivity index is 2.13. The van der Waals surface area contributed by atoms with Crippen LogP contribution in [0.3, 0.4) is 0 Å². The third-order valence-corrected chi connectivity index (χ3v) is 4.10. The fraction of sp³-hybridized carbons (Fsp3) is 0.316. The van der Waals surface area contributed by atoms with Gasteiger partial charge in [-0.15, -0.1) is 0 Å². The summed E-state index contributed by atoms with van der Waals surface area (Å²) >= 11 is 0. The zero-order valence-corrected chi connectivity index (χ0v) is 15.2. The number of hydrogen-bond donors (Lipinski definition) is 0. The number of carbonyl (C=O) groups is 1. The number of fused-ring (bicyclic) bond motifs is 1. The van der Waals surface area contributed by atoms with E-state index in [9.17, 15) is 22.8 Å². The van der Waals surface area contributed by atoms with Crippen LogP contribution in [0.5, 0.6) is 0 Å². The Morgan fingerprint density at radius 1 is 1.18 bits per heavy atom. The first-order valence-corrected chi connectivity index (χ1v) is 8.57. The summed E-state index contributed by atoms with van der Waals surface area (Å²) in [5.74, 6) is -0.724. The molecule has 3 rings (SSSR count). The quantitative estimate of drug-likeness (QED) is 0.662. The molecular formula is C19H18F3N3O3. The molecule has 0 bridgehead atoms. The van der Waals surface area contributed by atoms with Crippen molar-refractivity contribution in [2.75, 3.05) is 6.54 Å². The molecule has 0 N–H and O–H groups in total. The highest BCUT2D eigenvalue weighted by Gasteiger charge is 2.35. The van der Waals surface area contributed by atoms with Crippen LogP contribution in [0, 0.1) is 0 Å². The number of carbonyl (C=O) groups excluding carboxylic acids is 1. The maximum Gasteiger partial charge on any atom is 0.406 e. The van der Waals surface area contributed by atoms with Crippen molar-refractivity contribution < 1.29 is 22.4 Å². The molecule has 0 saturated heterocycles. The molecule has 1 amide bonds. The predicted molar refractivity (Wildman–Crippen MR) is 95.9 cm³/mol. The molecule has 0 saturated carbocycles. The van der Waals surface area contributed by atoms with Crippen molar-refractivity contribution in [2.24, 2.45) is 0 Å². The summed E-state index contributed by atoms with van der Waals surface area (Å²) in [5, 5.41) is 4.53. The molecular weight excluding hydrogens is 375 g/mol. The van der Waals surface area contributed by atoms with Crippen molar-refractivity contribution >= 4 is 16.7 Å². The average Bonchev–Trinajstić information content (AvgIpc) is 3.13. The summed E-state index contributed by atoms with van der Waals surface area (Å²) in [5.41, 5.74) is -0.615. The highest BCUT2D eigenvalue weighted by atomic mass is 19.4. The number of rotatable bonds is 5. The predicted octanol–water partition coefficient (Wildman–Crippen LogP) is 3.78. The Kier molecular flexibility index (Phi) is 5.26. The molecule has 1 aromatic carbocycles. The van der Waals surface area contributed by atoms with Crippen LogP contribution in [-0.2, 0) is 6.54 Å². The highest BCUT2D eigenvalue weighted by Crippen LogP contribution is 2.22. The Morgan fingerprint density at radius 2 is 1.86 bits per heavy atom. The Bertz CT molecular complexity index is 1040. The van der Waals surface area contributed by atoms with Gasteiger partial charge in [0.1, 0.15) is 12.3 Å². The second-order valence-corrected chi connectivity index (χ2v) is 6.59. The molecule has 0 fully saturated rings. The highest BCUT2D eigenvalue weighted by molar-refractivity contribution is 6.04. The van der Waals surface area contributed by atoms with Gasteiger partial charge in [-0.2, -0.15) is 18.3 Å². The van der Waals surface area contributed by atoms with Gasteiger partial charge in [-0.1, -0.05) is 18.2 Å². The zero-order valence-electron chi connectivity index (χ0n) is 15.2. The molecule has 28 heavy (non-hydrogen) atoms. The number of hydrogen-bond acceptors (Lipinski definition) is 4. The first-order valence-electron chi connectivity index (χ1n) is 8.57. The lowest BCUT2D eigenvalue weighted by atomic mass is 10.1. The van der Waals surface area contributed by atoms with E-state index in [0.29, 0.717) is 4.90 Å². The maximum absolute atomic E-state index is 13.1. The van der Waals surface area contributed by atoms with E-state index in [2.05, 4.69) is 5.10 Å². The summed E-state index contributed by atoms with van der Waals surface area (Å²) in [7, 11) is 0. The summed E-state index contributed by atoms with van der Waals surface area (Å²) in [6, 6.07) is 8.88. The van der Waals surface area contributed by atoms with E-state index in [4.69, 9.17) is 4.42 Å². The van der Waals surface area contributed by atoms with Crippen LogP contribution < -0.4 is 5.56 Å². The Morgan fingerprint density at radius 3 is 2.43 bits per heavy atom. The molecule has 2 heterocycles. The molecule has 148 valence electrons. The first-order chi connectivity index (χ1) is 13.2. The van der Waals surface area contributed by atoms with E-state index < -0.39 is 24.2 Å². The van der Waals surface area contributed by atoms with Gasteiger partial charge in [-0.3, -0.25) is 9.59 Å². The lowest BCUT2D eigenvalue weighted by molar-refractivity contribution is -0.142. The van der Waals surface area contributed by atoms with Gasteiger partial charge in [0.15, 0.2) is 5.69 Å². The number of amides is 1. The van der Waals surface area contributed by atoms with Crippen molar-refractivity contribution in [3.05, 3.63) is 64.5 Å². The number of benzene rings is 1. The lowest BCUT2D eigenvalue weighted by Crippen LogP contribution is -2.40. The van der Waals surface area contributed by atoms with Crippen LogP contribution in [0.25, 0.3) is 10.8 Å². The molecule has 0 aliphatic rings. The summed E-state index contributed by atoms with van der Waals surface area (Å²) in [6.45, 7) is 1.56. The van der Waals surface area contributed by atoms with Gasteiger partial charge < -0.3 is 9.32 Å². The summed E-state index contributed by atoms with van der Waals surface area (Å²) < 4.78 is 45.5. The third-order valence-electron chi connectivity index (χ3n) is 4.10. The largest absolute Gasteiger partial charge is 0.467 e. The topological polar surface area (TPSA) is 68.3 Å². The minimum absolute atomic E-state index is 0.207. The molecule has 9 heteroatoms. The first kappa shape index (κ1) is 19.7. The number of alkyl halides is 3. The fourth-order valence-corrected chi connectivity index (χ4v) is 2.87. The maximum atomic E-state index is 13.1. The van der Waals surface area contributed by atoms with Gasteiger partial charge in [0, 0.05) is 5.39 Å². The van der Waals surface area contributed by atoms with Gasteiger partial charge in [0.05, 0.1) is 24.2 Å². The standard InChI is InChI=1S/C19H18F3N3O3/c1-12(2)25-17(26)15-8-4-3-7-14(15)16(23-25)18(27)24(11-19(20,21)22)10-13-6-5-9-28-13/h3-9,12H,10-11H2,1-2H3. The fourth-order valence-electron chi connectivity index (χ4n) is 2.87. The van der Waals surface area contributed by atoms with Gasteiger partial charge in [0.2, 0.25) is 0 Å². The van der Waals surface area contributed by atoms with E-state index in [-0.39, 0.29) is 34.8 Å². The van der Waals surface area contributed by atoms with E-state index in [1.807, 2.05) is 0 Å². The SMILES string of the molecule is CC(C)n1nc(C(=O)N(Cc2ccco2)CC(F)(F)F)c2ccccc2c1=O.